The van der Waals surface area contributed by atoms with Crippen LogP contribution in [0.3, 0.4) is 0 Å². The van der Waals surface area contributed by atoms with Crippen molar-refractivity contribution >= 4 is 5.69 Å². The second-order valence-corrected chi connectivity index (χ2v) is 6.04. The first-order chi connectivity index (χ1) is 11.6. The Hall–Kier alpha value is -2.14. The number of benzene rings is 2. The molecule has 0 bridgehead atoms. The summed E-state index contributed by atoms with van der Waals surface area (Å²) in [5, 5.41) is 0. The SMILES string of the molecule is Cc1ccccc1N1CCN(Cc2ccccc2OC(F)F)CC1. The molecule has 0 saturated carbocycles. The van der Waals surface area contributed by atoms with Crippen molar-refractivity contribution in [3.05, 3.63) is 59.7 Å². The van der Waals surface area contributed by atoms with Gasteiger partial charge < -0.3 is 9.64 Å². The fraction of sp³-hybridized carbons (Fsp3) is 0.368. The quantitative estimate of drug-likeness (QED) is 0.825. The Labute approximate surface area is 141 Å². The topological polar surface area (TPSA) is 15.7 Å². The van der Waals surface area contributed by atoms with Crippen LogP contribution in [0.5, 0.6) is 5.75 Å². The molecule has 0 unspecified atom stereocenters. The molecule has 1 aliphatic heterocycles. The summed E-state index contributed by atoms with van der Waals surface area (Å²) in [6.07, 6.45) is 0. The fourth-order valence-corrected chi connectivity index (χ4v) is 3.15. The third kappa shape index (κ3) is 4.03. The highest BCUT2D eigenvalue weighted by atomic mass is 19.3. The molecule has 1 saturated heterocycles. The minimum absolute atomic E-state index is 0.272. The predicted octanol–water partition coefficient (Wildman–Crippen LogP) is 3.92. The lowest BCUT2D eigenvalue weighted by molar-refractivity contribution is -0.0507. The number of nitrogens with zero attached hydrogens (tertiary/aromatic N) is 2. The smallest absolute Gasteiger partial charge is 0.387 e. The summed E-state index contributed by atoms with van der Waals surface area (Å²) in [5.74, 6) is 0.272. The Morgan fingerprint density at radius 1 is 0.958 bits per heavy atom. The van der Waals surface area contributed by atoms with Crippen LogP contribution < -0.4 is 9.64 Å². The molecule has 0 amide bonds. The van der Waals surface area contributed by atoms with Gasteiger partial charge in [-0.2, -0.15) is 8.78 Å². The lowest BCUT2D eigenvalue weighted by atomic mass is 10.1. The van der Waals surface area contributed by atoms with Gasteiger partial charge in [0, 0.05) is 44.0 Å². The van der Waals surface area contributed by atoms with Crippen LogP contribution in [0.2, 0.25) is 0 Å². The average molecular weight is 332 g/mol. The lowest BCUT2D eigenvalue weighted by Crippen LogP contribution is -2.46. The van der Waals surface area contributed by atoms with E-state index in [2.05, 4.69) is 45.7 Å². The molecule has 2 aromatic carbocycles. The van der Waals surface area contributed by atoms with Crippen molar-refractivity contribution in [1.29, 1.82) is 0 Å². The summed E-state index contributed by atoms with van der Waals surface area (Å²) in [7, 11) is 0. The molecule has 0 aliphatic carbocycles. The van der Waals surface area contributed by atoms with Gasteiger partial charge in [-0.1, -0.05) is 36.4 Å². The van der Waals surface area contributed by atoms with Gasteiger partial charge in [0.25, 0.3) is 0 Å². The van der Waals surface area contributed by atoms with E-state index in [1.165, 1.54) is 11.3 Å². The third-order valence-electron chi connectivity index (χ3n) is 4.41. The number of hydrogen-bond donors (Lipinski definition) is 0. The van der Waals surface area contributed by atoms with E-state index in [0.29, 0.717) is 6.54 Å². The highest BCUT2D eigenvalue weighted by molar-refractivity contribution is 5.53. The molecular formula is C19H22F2N2O. The van der Waals surface area contributed by atoms with Gasteiger partial charge in [0.1, 0.15) is 5.75 Å². The number of aryl methyl sites for hydroxylation is 1. The molecule has 128 valence electrons. The highest BCUT2D eigenvalue weighted by Gasteiger charge is 2.19. The second-order valence-electron chi connectivity index (χ2n) is 6.04. The van der Waals surface area contributed by atoms with Gasteiger partial charge in [0.2, 0.25) is 0 Å². The monoisotopic (exact) mass is 332 g/mol. The molecule has 0 aromatic heterocycles. The van der Waals surface area contributed by atoms with Gasteiger partial charge in [0.05, 0.1) is 0 Å². The fourth-order valence-electron chi connectivity index (χ4n) is 3.15. The Morgan fingerprint density at radius 2 is 1.62 bits per heavy atom. The van der Waals surface area contributed by atoms with Gasteiger partial charge >= 0.3 is 6.61 Å². The maximum absolute atomic E-state index is 12.5. The summed E-state index contributed by atoms with van der Waals surface area (Å²) in [6, 6.07) is 15.4. The Morgan fingerprint density at radius 3 is 2.33 bits per heavy atom. The molecular weight excluding hydrogens is 310 g/mol. The summed E-state index contributed by atoms with van der Waals surface area (Å²) < 4.78 is 29.6. The Bertz CT molecular complexity index is 670. The first-order valence-corrected chi connectivity index (χ1v) is 8.19. The van der Waals surface area contributed by atoms with Crippen molar-refractivity contribution in [2.75, 3.05) is 31.1 Å². The summed E-state index contributed by atoms with van der Waals surface area (Å²) in [5.41, 5.74) is 3.36. The number of halogens is 2. The van der Waals surface area contributed by atoms with Gasteiger partial charge in [-0.25, -0.2) is 0 Å². The number of para-hydroxylation sites is 2. The van der Waals surface area contributed by atoms with Gasteiger partial charge in [-0.3, -0.25) is 4.90 Å². The van der Waals surface area contributed by atoms with Crippen LogP contribution in [0.4, 0.5) is 14.5 Å². The molecule has 5 heteroatoms. The first kappa shape index (κ1) is 16.7. The van der Waals surface area contributed by atoms with E-state index in [4.69, 9.17) is 0 Å². The van der Waals surface area contributed by atoms with Gasteiger partial charge in [-0.15, -0.1) is 0 Å². The van der Waals surface area contributed by atoms with Crippen LogP contribution >= 0.6 is 0 Å². The lowest BCUT2D eigenvalue weighted by Gasteiger charge is -2.37. The number of ether oxygens (including phenoxy) is 1. The number of hydrogen-bond acceptors (Lipinski definition) is 3. The summed E-state index contributed by atoms with van der Waals surface area (Å²) in [4.78, 5) is 4.66. The third-order valence-corrected chi connectivity index (χ3v) is 4.41. The zero-order valence-electron chi connectivity index (χ0n) is 13.8. The Balaban J connectivity index is 1.61. The van der Waals surface area contributed by atoms with Crippen LogP contribution in [0.25, 0.3) is 0 Å². The van der Waals surface area contributed by atoms with E-state index in [0.717, 1.165) is 31.7 Å². The molecule has 1 aliphatic rings. The molecule has 0 spiro atoms. The van der Waals surface area contributed by atoms with E-state index >= 15 is 0 Å². The number of rotatable bonds is 5. The molecule has 3 nitrogen and oxygen atoms in total. The van der Waals surface area contributed by atoms with Crippen LogP contribution in [0.1, 0.15) is 11.1 Å². The average Bonchev–Trinajstić information content (AvgIpc) is 2.57. The molecule has 0 atom stereocenters. The van der Waals surface area contributed by atoms with Crippen LogP contribution in [-0.2, 0) is 6.54 Å². The zero-order chi connectivity index (χ0) is 16.9. The highest BCUT2D eigenvalue weighted by Crippen LogP contribution is 2.24. The first-order valence-electron chi connectivity index (χ1n) is 8.19. The van der Waals surface area contributed by atoms with Crippen LogP contribution in [0, 0.1) is 6.92 Å². The molecule has 1 fully saturated rings. The van der Waals surface area contributed by atoms with Crippen molar-refractivity contribution < 1.29 is 13.5 Å². The Kier molecular flexibility index (Phi) is 5.30. The number of piperazine rings is 1. The molecule has 1 heterocycles. The van der Waals surface area contributed by atoms with E-state index in [1.54, 1.807) is 12.1 Å². The largest absolute Gasteiger partial charge is 0.434 e. The van der Waals surface area contributed by atoms with E-state index in [1.807, 2.05) is 12.1 Å². The minimum atomic E-state index is -2.79. The van der Waals surface area contributed by atoms with Crippen molar-refractivity contribution in [2.24, 2.45) is 0 Å². The summed E-state index contributed by atoms with van der Waals surface area (Å²) in [6.45, 7) is 3.63. The predicted molar refractivity (Wildman–Crippen MR) is 91.7 cm³/mol. The molecule has 0 radical (unpaired) electrons. The van der Waals surface area contributed by atoms with E-state index in [-0.39, 0.29) is 5.75 Å². The molecule has 2 aromatic rings. The van der Waals surface area contributed by atoms with Crippen molar-refractivity contribution in [1.82, 2.24) is 4.90 Å². The second kappa shape index (κ2) is 7.62. The van der Waals surface area contributed by atoms with Crippen molar-refractivity contribution in [3.63, 3.8) is 0 Å². The van der Waals surface area contributed by atoms with Crippen molar-refractivity contribution in [2.45, 2.75) is 20.1 Å². The standard InChI is InChI=1S/C19H22F2N2O/c1-15-6-2-4-8-17(15)23-12-10-22(11-13-23)14-16-7-3-5-9-18(16)24-19(20)21/h2-9,19H,10-14H2,1H3. The maximum Gasteiger partial charge on any atom is 0.387 e. The van der Waals surface area contributed by atoms with Gasteiger partial charge in [-0.05, 0) is 24.6 Å². The zero-order valence-corrected chi connectivity index (χ0v) is 13.8. The van der Waals surface area contributed by atoms with Crippen molar-refractivity contribution in [3.8, 4) is 5.75 Å². The van der Waals surface area contributed by atoms with Crippen LogP contribution in [0.15, 0.2) is 48.5 Å². The molecule has 24 heavy (non-hydrogen) atoms. The normalized spacial score (nSPS) is 15.8. The maximum atomic E-state index is 12.5. The molecule has 0 N–H and O–H groups in total. The summed E-state index contributed by atoms with van der Waals surface area (Å²) >= 11 is 0. The minimum Gasteiger partial charge on any atom is -0.434 e. The van der Waals surface area contributed by atoms with Crippen LogP contribution in [-0.4, -0.2) is 37.7 Å². The molecule has 3 rings (SSSR count). The van der Waals surface area contributed by atoms with E-state index in [9.17, 15) is 8.78 Å². The van der Waals surface area contributed by atoms with E-state index < -0.39 is 6.61 Å². The number of anilines is 1. The number of alkyl halides is 2. The van der Waals surface area contributed by atoms with Gasteiger partial charge in [0.15, 0.2) is 0 Å².